The highest BCUT2D eigenvalue weighted by molar-refractivity contribution is 7.80. The van der Waals surface area contributed by atoms with Crippen molar-refractivity contribution in [1.82, 2.24) is 10.2 Å². The first-order valence-corrected chi connectivity index (χ1v) is 11.5. The van der Waals surface area contributed by atoms with Gasteiger partial charge >= 0.3 is 0 Å². The predicted octanol–water partition coefficient (Wildman–Crippen LogP) is 5.11. The number of hydrogen-bond acceptors (Lipinski definition) is 4. The summed E-state index contributed by atoms with van der Waals surface area (Å²) in [7, 11) is 0. The van der Waals surface area contributed by atoms with Crippen LogP contribution < -0.4 is 15.4 Å². The van der Waals surface area contributed by atoms with Crippen LogP contribution in [0.1, 0.15) is 61.3 Å². The molecule has 0 aliphatic carbocycles. The number of nitrogens with one attached hydrogen (secondary N) is 2. The van der Waals surface area contributed by atoms with Crippen molar-refractivity contribution in [2.75, 3.05) is 25.0 Å². The molecule has 6 nitrogen and oxygen atoms in total. The summed E-state index contributed by atoms with van der Waals surface area (Å²) in [5.74, 6) is 0.823. The minimum atomic E-state index is -0.317. The minimum absolute atomic E-state index is 0.00733. The Balaban J connectivity index is 1.97. The van der Waals surface area contributed by atoms with Gasteiger partial charge in [0.15, 0.2) is 5.11 Å². The monoisotopic (exact) mass is 455 g/mol. The Morgan fingerprint density at radius 2 is 1.66 bits per heavy atom. The van der Waals surface area contributed by atoms with Gasteiger partial charge in [-0.2, -0.15) is 0 Å². The fraction of sp³-hybridized carbons (Fsp3) is 0.400. The van der Waals surface area contributed by atoms with Gasteiger partial charge in [-0.3, -0.25) is 14.9 Å². The van der Waals surface area contributed by atoms with Crippen LogP contribution in [0.5, 0.6) is 5.75 Å². The second kappa shape index (κ2) is 12.8. The summed E-state index contributed by atoms with van der Waals surface area (Å²) in [6.45, 7) is 10.3. The molecule has 0 fully saturated rings. The number of nitrogens with zero attached hydrogens (tertiary/aromatic N) is 1. The van der Waals surface area contributed by atoms with Crippen molar-refractivity contribution in [1.29, 1.82) is 0 Å². The number of rotatable bonds is 10. The van der Waals surface area contributed by atoms with Crippen LogP contribution in [0.2, 0.25) is 0 Å². The molecule has 32 heavy (non-hydrogen) atoms. The van der Waals surface area contributed by atoms with E-state index in [1.54, 1.807) is 48.5 Å². The van der Waals surface area contributed by atoms with Gasteiger partial charge in [0.2, 0.25) is 0 Å². The summed E-state index contributed by atoms with van der Waals surface area (Å²) >= 11 is 5.29. The number of thiocarbonyl (C=S) groups is 1. The summed E-state index contributed by atoms with van der Waals surface area (Å²) in [5.41, 5.74) is 1.71. The van der Waals surface area contributed by atoms with Crippen molar-refractivity contribution in [2.45, 2.75) is 40.5 Å². The maximum absolute atomic E-state index is 12.8. The van der Waals surface area contributed by atoms with Gasteiger partial charge in [-0.05, 0) is 73.4 Å². The third-order valence-corrected chi connectivity index (χ3v) is 4.77. The van der Waals surface area contributed by atoms with Crippen LogP contribution in [0.15, 0.2) is 48.5 Å². The number of anilines is 1. The van der Waals surface area contributed by atoms with Gasteiger partial charge in [0, 0.05) is 29.9 Å². The van der Waals surface area contributed by atoms with Gasteiger partial charge < -0.3 is 15.0 Å². The Morgan fingerprint density at radius 3 is 2.25 bits per heavy atom. The Labute approximate surface area is 196 Å². The first kappa shape index (κ1) is 25.3. The van der Waals surface area contributed by atoms with Gasteiger partial charge in [-0.15, -0.1) is 0 Å². The zero-order valence-electron chi connectivity index (χ0n) is 19.3. The van der Waals surface area contributed by atoms with E-state index in [4.69, 9.17) is 17.0 Å². The van der Waals surface area contributed by atoms with Crippen molar-refractivity contribution in [3.8, 4) is 5.75 Å². The number of benzene rings is 2. The normalized spacial score (nSPS) is 10.5. The zero-order chi connectivity index (χ0) is 23.5. The molecule has 0 aliphatic heterocycles. The van der Waals surface area contributed by atoms with E-state index in [0.29, 0.717) is 29.3 Å². The molecule has 172 valence electrons. The van der Waals surface area contributed by atoms with Crippen LogP contribution in [-0.4, -0.2) is 41.5 Å². The van der Waals surface area contributed by atoms with E-state index in [0.717, 1.165) is 31.7 Å². The maximum Gasteiger partial charge on any atom is 0.257 e. The molecular formula is C25H33N3O3S. The SMILES string of the molecule is CCCN(CCC)C(=O)c1cccc(NC(=S)NC(=O)c2ccc(OCC(C)C)cc2)c1. The molecular weight excluding hydrogens is 422 g/mol. The fourth-order valence-electron chi connectivity index (χ4n) is 3.07. The second-order valence-corrected chi connectivity index (χ2v) is 8.42. The van der Waals surface area contributed by atoms with Crippen LogP contribution in [0.4, 0.5) is 5.69 Å². The molecule has 0 saturated carbocycles. The summed E-state index contributed by atoms with van der Waals surface area (Å²) < 4.78 is 5.64. The van der Waals surface area contributed by atoms with Crippen LogP contribution in [0.25, 0.3) is 0 Å². The predicted molar refractivity (Wildman–Crippen MR) is 133 cm³/mol. The third kappa shape index (κ3) is 7.96. The molecule has 0 bridgehead atoms. The number of carbonyl (C=O) groups is 2. The molecule has 0 atom stereocenters. The lowest BCUT2D eigenvalue weighted by Crippen LogP contribution is -2.34. The first-order chi connectivity index (χ1) is 15.3. The molecule has 0 aromatic heterocycles. The molecule has 2 N–H and O–H groups in total. The molecule has 2 aromatic carbocycles. The molecule has 2 amide bonds. The van der Waals surface area contributed by atoms with E-state index in [-0.39, 0.29) is 16.9 Å². The first-order valence-electron chi connectivity index (χ1n) is 11.1. The highest BCUT2D eigenvalue weighted by Crippen LogP contribution is 2.15. The number of carbonyl (C=O) groups excluding carboxylic acids is 2. The smallest absolute Gasteiger partial charge is 0.257 e. The average molecular weight is 456 g/mol. The number of amides is 2. The molecule has 0 unspecified atom stereocenters. The van der Waals surface area contributed by atoms with Crippen LogP contribution in [-0.2, 0) is 0 Å². The van der Waals surface area contributed by atoms with E-state index in [1.807, 2.05) is 4.90 Å². The Kier molecular flexibility index (Phi) is 10.1. The van der Waals surface area contributed by atoms with E-state index < -0.39 is 0 Å². The van der Waals surface area contributed by atoms with Crippen molar-refractivity contribution in [3.05, 3.63) is 59.7 Å². The largest absolute Gasteiger partial charge is 0.493 e. The molecule has 2 aromatic rings. The second-order valence-electron chi connectivity index (χ2n) is 8.01. The lowest BCUT2D eigenvalue weighted by molar-refractivity contribution is 0.0755. The van der Waals surface area contributed by atoms with Gasteiger partial charge in [-0.1, -0.05) is 33.8 Å². The van der Waals surface area contributed by atoms with Crippen molar-refractivity contribution in [3.63, 3.8) is 0 Å². The molecule has 0 spiro atoms. The quantitative estimate of drug-likeness (QED) is 0.487. The molecule has 0 heterocycles. The molecule has 7 heteroatoms. The van der Waals surface area contributed by atoms with E-state index in [1.165, 1.54) is 0 Å². The van der Waals surface area contributed by atoms with E-state index in [9.17, 15) is 9.59 Å². The lowest BCUT2D eigenvalue weighted by Gasteiger charge is -2.21. The lowest BCUT2D eigenvalue weighted by atomic mass is 10.1. The summed E-state index contributed by atoms with van der Waals surface area (Å²) in [6.07, 6.45) is 1.81. The highest BCUT2D eigenvalue weighted by atomic mass is 32.1. The Bertz CT molecular complexity index is 907. The highest BCUT2D eigenvalue weighted by Gasteiger charge is 2.15. The van der Waals surface area contributed by atoms with Gasteiger partial charge in [0.05, 0.1) is 6.61 Å². The summed E-state index contributed by atoms with van der Waals surface area (Å²) in [4.78, 5) is 27.2. The van der Waals surface area contributed by atoms with E-state index in [2.05, 4.69) is 38.3 Å². The van der Waals surface area contributed by atoms with Crippen molar-refractivity contribution in [2.24, 2.45) is 5.92 Å². The molecule has 0 saturated heterocycles. The number of hydrogen-bond donors (Lipinski definition) is 2. The van der Waals surface area contributed by atoms with Crippen LogP contribution in [0.3, 0.4) is 0 Å². The minimum Gasteiger partial charge on any atom is -0.493 e. The van der Waals surface area contributed by atoms with Crippen LogP contribution >= 0.6 is 12.2 Å². The zero-order valence-corrected chi connectivity index (χ0v) is 20.1. The standard InChI is InChI=1S/C25H33N3O3S/c1-5-14-28(15-6-2)24(30)20-8-7-9-21(16-20)26-25(32)27-23(29)19-10-12-22(13-11-19)31-17-18(3)4/h7-13,16,18H,5-6,14-15,17H2,1-4H3,(H2,26,27,29,32). The van der Waals surface area contributed by atoms with Gasteiger partial charge in [0.1, 0.15) is 5.75 Å². The van der Waals surface area contributed by atoms with E-state index >= 15 is 0 Å². The maximum atomic E-state index is 12.8. The molecule has 0 aliphatic rings. The van der Waals surface area contributed by atoms with Gasteiger partial charge in [-0.25, -0.2) is 0 Å². The van der Waals surface area contributed by atoms with Gasteiger partial charge in [0.25, 0.3) is 11.8 Å². The fourth-order valence-corrected chi connectivity index (χ4v) is 3.28. The molecule has 2 rings (SSSR count). The van der Waals surface area contributed by atoms with Crippen molar-refractivity contribution >= 4 is 34.8 Å². The number of ether oxygens (including phenoxy) is 1. The van der Waals surface area contributed by atoms with Crippen molar-refractivity contribution < 1.29 is 14.3 Å². The van der Waals surface area contributed by atoms with Crippen LogP contribution in [0, 0.1) is 5.92 Å². The molecule has 0 radical (unpaired) electrons. The average Bonchev–Trinajstić information content (AvgIpc) is 2.77. The Morgan fingerprint density at radius 1 is 1.00 bits per heavy atom. The summed E-state index contributed by atoms with van der Waals surface area (Å²) in [5, 5.41) is 5.83. The Hall–Kier alpha value is -2.93. The third-order valence-electron chi connectivity index (χ3n) is 4.57. The topological polar surface area (TPSA) is 70.7 Å². The summed E-state index contributed by atoms with van der Waals surface area (Å²) in [6, 6.07) is 14.1.